The first-order chi connectivity index (χ1) is 11.7. The Morgan fingerprint density at radius 2 is 1.88 bits per heavy atom. The number of thioether (sulfide) groups is 1. The van der Waals surface area contributed by atoms with Crippen LogP contribution in [-0.4, -0.2) is 34.4 Å². The number of benzene rings is 2. The number of hydrogen-bond donors (Lipinski definition) is 0. The molecule has 0 saturated heterocycles. The van der Waals surface area contributed by atoms with Crippen molar-refractivity contribution >= 4 is 23.4 Å². The maximum absolute atomic E-state index is 6.07. The van der Waals surface area contributed by atoms with Gasteiger partial charge in [-0.3, -0.25) is 0 Å². The third kappa shape index (κ3) is 3.63. The minimum Gasteiger partial charge on any atom is -0.497 e. The molecule has 0 amide bonds. The monoisotopic (exact) mass is 362 g/mol. The molecule has 0 fully saturated rings. The molecule has 0 N–H and O–H groups in total. The van der Waals surface area contributed by atoms with Gasteiger partial charge in [0.15, 0.2) is 0 Å². The van der Waals surface area contributed by atoms with E-state index in [1.54, 1.807) is 25.0 Å². The lowest BCUT2D eigenvalue weighted by atomic mass is 10.2. The van der Waals surface area contributed by atoms with E-state index in [9.17, 15) is 0 Å². The van der Waals surface area contributed by atoms with Crippen LogP contribution in [-0.2, 0) is 5.75 Å². The zero-order valence-electron chi connectivity index (χ0n) is 13.1. The van der Waals surface area contributed by atoms with Gasteiger partial charge in [0, 0.05) is 16.3 Å². The Bertz CT molecular complexity index is 823. The number of methoxy groups -OCH3 is 2. The Morgan fingerprint density at radius 3 is 2.58 bits per heavy atom. The van der Waals surface area contributed by atoms with Crippen LogP contribution in [0.2, 0.25) is 5.02 Å². The van der Waals surface area contributed by atoms with Gasteiger partial charge >= 0.3 is 0 Å². The molecule has 0 unspecified atom stereocenters. The predicted molar refractivity (Wildman–Crippen MR) is 93.3 cm³/mol. The first-order valence-corrected chi connectivity index (χ1v) is 8.45. The summed E-state index contributed by atoms with van der Waals surface area (Å²) < 4.78 is 12.2. The van der Waals surface area contributed by atoms with Crippen LogP contribution in [0.3, 0.4) is 0 Å². The third-order valence-corrected chi connectivity index (χ3v) is 4.56. The lowest BCUT2D eigenvalue weighted by Gasteiger charge is -2.09. The summed E-state index contributed by atoms with van der Waals surface area (Å²) in [6, 6.07) is 13.1. The van der Waals surface area contributed by atoms with E-state index in [0.717, 1.165) is 22.7 Å². The minimum atomic E-state index is 0.639. The summed E-state index contributed by atoms with van der Waals surface area (Å²) in [5.41, 5.74) is 1.85. The summed E-state index contributed by atoms with van der Waals surface area (Å²) in [5.74, 6) is 2.21. The van der Waals surface area contributed by atoms with Crippen LogP contribution in [0, 0.1) is 0 Å². The molecule has 3 aromatic rings. The highest BCUT2D eigenvalue weighted by atomic mass is 35.5. The highest BCUT2D eigenvalue weighted by Crippen LogP contribution is 2.30. The van der Waals surface area contributed by atoms with Crippen molar-refractivity contribution < 1.29 is 9.47 Å². The molecule has 1 aromatic heterocycles. The molecule has 124 valence electrons. The maximum Gasteiger partial charge on any atom is 0.214 e. The van der Waals surface area contributed by atoms with Crippen LogP contribution in [0.15, 0.2) is 47.6 Å². The van der Waals surface area contributed by atoms with Gasteiger partial charge in [0.05, 0.1) is 19.9 Å². The fourth-order valence-electron chi connectivity index (χ4n) is 2.16. The van der Waals surface area contributed by atoms with Crippen LogP contribution in [0.1, 0.15) is 5.56 Å². The summed E-state index contributed by atoms with van der Waals surface area (Å²) >= 11 is 7.57. The Hall–Kier alpha value is -2.25. The molecule has 0 aliphatic heterocycles. The third-order valence-electron chi connectivity index (χ3n) is 3.36. The maximum atomic E-state index is 6.07. The van der Waals surface area contributed by atoms with E-state index < -0.39 is 0 Å². The Labute approximate surface area is 148 Å². The fourth-order valence-corrected chi connectivity index (χ4v) is 3.22. The van der Waals surface area contributed by atoms with Crippen LogP contribution in [0.5, 0.6) is 11.5 Å². The van der Waals surface area contributed by atoms with Gasteiger partial charge in [-0.2, -0.15) is 4.68 Å². The Morgan fingerprint density at radius 1 is 1.08 bits per heavy atom. The van der Waals surface area contributed by atoms with E-state index >= 15 is 0 Å². The second-order valence-corrected chi connectivity index (χ2v) is 6.20. The van der Waals surface area contributed by atoms with Gasteiger partial charge in [-0.05, 0) is 52.9 Å². The topological polar surface area (TPSA) is 62.1 Å². The molecule has 6 nitrogen and oxygen atoms in total. The number of nitrogens with zero attached hydrogens (tertiary/aromatic N) is 4. The number of halogens is 1. The molecule has 2 aromatic carbocycles. The van der Waals surface area contributed by atoms with E-state index in [2.05, 4.69) is 15.5 Å². The van der Waals surface area contributed by atoms with Crippen molar-refractivity contribution in [3.63, 3.8) is 0 Å². The number of tetrazole rings is 1. The molecule has 0 atom stereocenters. The molecule has 1 heterocycles. The van der Waals surface area contributed by atoms with Crippen LogP contribution in [0.4, 0.5) is 0 Å². The predicted octanol–water partition coefficient (Wildman–Crippen LogP) is 3.63. The van der Waals surface area contributed by atoms with Gasteiger partial charge in [-0.15, -0.1) is 5.10 Å². The summed E-state index contributed by atoms with van der Waals surface area (Å²) in [7, 11) is 3.27. The molecule has 0 saturated carbocycles. The first-order valence-electron chi connectivity index (χ1n) is 7.09. The molecule has 24 heavy (non-hydrogen) atoms. The minimum absolute atomic E-state index is 0.639. The molecule has 0 radical (unpaired) electrons. The number of rotatable bonds is 6. The zero-order chi connectivity index (χ0) is 16.9. The van der Waals surface area contributed by atoms with E-state index in [1.807, 2.05) is 36.4 Å². The van der Waals surface area contributed by atoms with Crippen molar-refractivity contribution in [3.8, 4) is 17.2 Å². The lowest BCUT2D eigenvalue weighted by molar-refractivity contribution is 0.411. The normalized spacial score (nSPS) is 10.6. The van der Waals surface area contributed by atoms with Crippen molar-refractivity contribution in [2.45, 2.75) is 10.9 Å². The molecule has 0 aliphatic rings. The van der Waals surface area contributed by atoms with Gasteiger partial charge < -0.3 is 9.47 Å². The van der Waals surface area contributed by atoms with Gasteiger partial charge in [-0.1, -0.05) is 23.4 Å². The molecule has 0 bridgehead atoms. The second-order valence-electron chi connectivity index (χ2n) is 4.82. The number of ether oxygens (including phenoxy) is 2. The van der Waals surface area contributed by atoms with Crippen molar-refractivity contribution in [1.82, 2.24) is 20.2 Å². The first kappa shape index (κ1) is 16.6. The van der Waals surface area contributed by atoms with Gasteiger partial charge in [-0.25, -0.2) is 0 Å². The highest BCUT2D eigenvalue weighted by Gasteiger charge is 2.11. The average molecular weight is 363 g/mol. The molecule has 8 heteroatoms. The summed E-state index contributed by atoms with van der Waals surface area (Å²) in [4.78, 5) is 0. The Kier molecular flexibility index (Phi) is 5.22. The smallest absolute Gasteiger partial charge is 0.214 e. The lowest BCUT2D eigenvalue weighted by Crippen LogP contribution is -1.99. The van der Waals surface area contributed by atoms with Gasteiger partial charge in [0.25, 0.3) is 0 Å². The SMILES string of the molecule is COc1ccc(-n2nnnc2SCc2cc(Cl)ccc2OC)cc1. The van der Waals surface area contributed by atoms with Crippen molar-refractivity contribution in [1.29, 1.82) is 0 Å². The fraction of sp³-hybridized carbons (Fsp3) is 0.188. The van der Waals surface area contributed by atoms with E-state index in [1.165, 1.54) is 11.8 Å². The number of hydrogen-bond acceptors (Lipinski definition) is 6. The van der Waals surface area contributed by atoms with E-state index in [-0.39, 0.29) is 0 Å². The molecule has 0 spiro atoms. The van der Waals surface area contributed by atoms with Gasteiger partial charge in [0.1, 0.15) is 11.5 Å². The molecular formula is C16H15ClN4O2S. The largest absolute Gasteiger partial charge is 0.497 e. The highest BCUT2D eigenvalue weighted by molar-refractivity contribution is 7.98. The van der Waals surface area contributed by atoms with E-state index in [4.69, 9.17) is 21.1 Å². The molecule has 0 aliphatic carbocycles. The van der Waals surface area contributed by atoms with Crippen molar-refractivity contribution in [2.75, 3.05) is 14.2 Å². The van der Waals surface area contributed by atoms with Crippen molar-refractivity contribution in [2.24, 2.45) is 0 Å². The van der Waals surface area contributed by atoms with Crippen LogP contribution in [0.25, 0.3) is 5.69 Å². The summed E-state index contributed by atoms with van der Waals surface area (Å²) in [5, 5.41) is 13.3. The van der Waals surface area contributed by atoms with Crippen LogP contribution >= 0.6 is 23.4 Å². The molecular weight excluding hydrogens is 348 g/mol. The average Bonchev–Trinajstić information content (AvgIpc) is 3.08. The number of aromatic nitrogens is 4. The van der Waals surface area contributed by atoms with Crippen LogP contribution < -0.4 is 9.47 Å². The quantitative estimate of drug-likeness (QED) is 0.624. The molecule has 3 rings (SSSR count). The Balaban J connectivity index is 1.80. The van der Waals surface area contributed by atoms with Crippen molar-refractivity contribution in [3.05, 3.63) is 53.1 Å². The zero-order valence-corrected chi connectivity index (χ0v) is 14.7. The van der Waals surface area contributed by atoms with Gasteiger partial charge in [0.2, 0.25) is 5.16 Å². The van der Waals surface area contributed by atoms with E-state index in [0.29, 0.717) is 15.9 Å². The summed E-state index contributed by atoms with van der Waals surface area (Å²) in [6.45, 7) is 0. The summed E-state index contributed by atoms with van der Waals surface area (Å²) in [6.07, 6.45) is 0. The standard InChI is InChI=1S/C16H15ClN4O2S/c1-22-14-6-4-13(5-7-14)21-16(18-19-20-21)24-10-11-9-12(17)3-8-15(11)23-2/h3-9H,10H2,1-2H3. The second kappa shape index (κ2) is 7.55.